The minimum atomic E-state index is 0. The topological polar surface area (TPSA) is 84.4 Å². The minimum Gasteiger partial charge on any atom is -0.461 e. The lowest BCUT2D eigenvalue weighted by atomic mass is 9.96. The number of halogens is 1. The summed E-state index contributed by atoms with van der Waals surface area (Å²) >= 11 is 0. The van der Waals surface area contributed by atoms with Crippen molar-refractivity contribution in [2.24, 2.45) is 5.92 Å². The zero-order valence-corrected chi connectivity index (χ0v) is 15.3. The van der Waals surface area contributed by atoms with Gasteiger partial charge in [0.25, 0.3) is 0 Å². The van der Waals surface area contributed by atoms with Crippen LogP contribution in [-0.2, 0) is 11.2 Å². The molecule has 3 heterocycles. The molecule has 1 aliphatic rings. The number of rotatable bonds is 7. The summed E-state index contributed by atoms with van der Waals surface area (Å²) in [5.41, 5.74) is 0. The molecule has 0 spiro atoms. The Balaban J connectivity index is 0.00000225. The summed E-state index contributed by atoms with van der Waals surface area (Å²) in [5.74, 6) is 2.30. The number of likely N-dealkylation sites (tertiary alicyclic amines) is 1. The van der Waals surface area contributed by atoms with E-state index in [9.17, 15) is 4.79 Å². The Morgan fingerprint density at radius 1 is 1.40 bits per heavy atom. The monoisotopic (exact) mass is 368 g/mol. The van der Waals surface area contributed by atoms with Crippen LogP contribution in [0.2, 0.25) is 0 Å². The summed E-state index contributed by atoms with van der Waals surface area (Å²) < 4.78 is 10.4. The number of amides is 1. The van der Waals surface area contributed by atoms with Crippen LogP contribution < -0.4 is 5.32 Å². The summed E-state index contributed by atoms with van der Waals surface area (Å²) in [4.78, 5) is 18.5. The zero-order chi connectivity index (χ0) is 16.8. The molecule has 3 rings (SSSR count). The first-order valence-electron chi connectivity index (χ1n) is 8.61. The third-order valence-electron chi connectivity index (χ3n) is 4.41. The lowest BCUT2D eigenvalue weighted by Gasteiger charge is -2.32. The number of hydrogen-bond acceptors (Lipinski definition) is 6. The van der Waals surface area contributed by atoms with E-state index in [1.54, 1.807) is 18.4 Å². The second kappa shape index (κ2) is 9.58. The molecule has 2 aromatic heterocycles. The Hall–Kier alpha value is -1.86. The zero-order valence-electron chi connectivity index (χ0n) is 14.4. The van der Waals surface area contributed by atoms with Crippen LogP contribution >= 0.6 is 12.4 Å². The van der Waals surface area contributed by atoms with Gasteiger partial charge in [0.15, 0.2) is 5.76 Å². The highest BCUT2D eigenvalue weighted by Gasteiger charge is 2.22. The second-order valence-electron chi connectivity index (χ2n) is 6.12. The van der Waals surface area contributed by atoms with Gasteiger partial charge in [-0.05, 0) is 44.0 Å². The molecule has 1 fully saturated rings. The van der Waals surface area contributed by atoms with Crippen LogP contribution in [0.4, 0.5) is 0 Å². The number of furan rings is 1. The van der Waals surface area contributed by atoms with Gasteiger partial charge in [0.1, 0.15) is 0 Å². The Morgan fingerprint density at radius 2 is 2.20 bits per heavy atom. The first-order chi connectivity index (χ1) is 11.8. The summed E-state index contributed by atoms with van der Waals surface area (Å²) in [6.07, 6.45) is 4.57. The molecule has 0 atom stereocenters. The van der Waals surface area contributed by atoms with E-state index in [-0.39, 0.29) is 18.3 Å². The molecule has 0 saturated carbocycles. The lowest BCUT2D eigenvalue weighted by molar-refractivity contribution is -0.132. The van der Waals surface area contributed by atoms with E-state index in [0.717, 1.165) is 39.0 Å². The van der Waals surface area contributed by atoms with Gasteiger partial charge in [-0.15, -0.1) is 12.4 Å². The average molecular weight is 369 g/mol. The second-order valence-corrected chi connectivity index (χ2v) is 6.12. The quantitative estimate of drug-likeness (QED) is 0.808. The van der Waals surface area contributed by atoms with Crippen molar-refractivity contribution in [3.63, 3.8) is 0 Å². The van der Waals surface area contributed by atoms with Gasteiger partial charge in [-0.25, -0.2) is 0 Å². The molecular formula is C17H25ClN4O3. The Labute approximate surface area is 153 Å². The first kappa shape index (κ1) is 19.5. The van der Waals surface area contributed by atoms with E-state index in [1.807, 2.05) is 4.90 Å². The molecule has 1 N–H and O–H groups in total. The molecule has 0 aromatic carbocycles. The molecule has 0 aliphatic carbocycles. The molecule has 0 radical (unpaired) electrons. The van der Waals surface area contributed by atoms with Crippen molar-refractivity contribution in [3.8, 4) is 11.6 Å². The molecule has 8 heteroatoms. The highest BCUT2D eigenvalue weighted by atomic mass is 35.5. The fourth-order valence-corrected chi connectivity index (χ4v) is 2.97. The van der Waals surface area contributed by atoms with Gasteiger partial charge in [0.2, 0.25) is 17.6 Å². The third kappa shape index (κ3) is 5.31. The predicted octanol–water partition coefficient (Wildman–Crippen LogP) is 2.53. The molecule has 1 aliphatic heterocycles. The Morgan fingerprint density at radius 3 is 2.88 bits per heavy atom. The largest absolute Gasteiger partial charge is 0.461 e. The molecule has 0 unspecified atom stereocenters. The van der Waals surface area contributed by atoms with Crippen molar-refractivity contribution in [3.05, 3.63) is 24.3 Å². The normalized spacial score (nSPS) is 15.2. The number of piperidine rings is 1. The molecule has 1 saturated heterocycles. The van der Waals surface area contributed by atoms with Crippen molar-refractivity contribution in [2.45, 2.75) is 32.6 Å². The molecular weight excluding hydrogens is 344 g/mol. The van der Waals surface area contributed by atoms with Crippen molar-refractivity contribution in [2.75, 3.05) is 26.2 Å². The minimum absolute atomic E-state index is 0. The number of carbonyl (C=O) groups excluding carboxylic acids is 1. The fraction of sp³-hybridized carbons (Fsp3) is 0.588. The van der Waals surface area contributed by atoms with Gasteiger partial charge < -0.3 is 19.2 Å². The Bertz CT molecular complexity index is 636. The van der Waals surface area contributed by atoms with Gasteiger partial charge in [-0.2, -0.15) is 4.98 Å². The molecule has 0 bridgehead atoms. The first-order valence-corrected chi connectivity index (χ1v) is 8.61. The molecule has 138 valence electrons. The van der Waals surface area contributed by atoms with E-state index in [0.29, 0.717) is 36.2 Å². The fourth-order valence-electron chi connectivity index (χ4n) is 2.97. The maximum absolute atomic E-state index is 12.3. The number of carbonyl (C=O) groups is 1. The lowest BCUT2D eigenvalue weighted by Crippen LogP contribution is -2.40. The van der Waals surface area contributed by atoms with E-state index < -0.39 is 0 Å². The van der Waals surface area contributed by atoms with Crippen LogP contribution in [0.15, 0.2) is 27.3 Å². The maximum atomic E-state index is 12.3. The van der Waals surface area contributed by atoms with Crippen LogP contribution in [0, 0.1) is 5.92 Å². The summed E-state index contributed by atoms with van der Waals surface area (Å²) in [6, 6.07) is 3.55. The van der Waals surface area contributed by atoms with Crippen LogP contribution in [-0.4, -0.2) is 47.1 Å². The third-order valence-corrected chi connectivity index (χ3v) is 4.41. The Kier molecular flexibility index (Phi) is 7.46. The van der Waals surface area contributed by atoms with Gasteiger partial charge >= 0.3 is 0 Å². The predicted molar refractivity (Wildman–Crippen MR) is 95.4 cm³/mol. The highest BCUT2D eigenvalue weighted by molar-refractivity contribution is 5.85. The van der Waals surface area contributed by atoms with Gasteiger partial charge in [0, 0.05) is 25.9 Å². The van der Waals surface area contributed by atoms with Crippen LogP contribution in [0.5, 0.6) is 0 Å². The van der Waals surface area contributed by atoms with Crippen LogP contribution in [0.1, 0.15) is 32.1 Å². The number of aryl methyl sites for hydroxylation is 1. The molecule has 2 aromatic rings. The van der Waals surface area contributed by atoms with Crippen molar-refractivity contribution in [1.82, 2.24) is 20.4 Å². The van der Waals surface area contributed by atoms with E-state index in [4.69, 9.17) is 8.94 Å². The van der Waals surface area contributed by atoms with E-state index in [2.05, 4.69) is 22.4 Å². The van der Waals surface area contributed by atoms with Gasteiger partial charge in [0.05, 0.1) is 6.26 Å². The summed E-state index contributed by atoms with van der Waals surface area (Å²) in [7, 11) is 0. The maximum Gasteiger partial charge on any atom is 0.238 e. The van der Waals surface area contributed by atoms with Crippen molar-refractivity contribution < 1.29 is 13.7 Å². The average Bonchev–Trinajstić information content (AvgIpc) is 3.29. The number of aromatic nitrogens is 2. The van der Waals surface area contributed by atoms with Crippen molar-refractivity contribution in [1.29, 1.82) is 0 Å². The smallest absolute Gasteiger partial charge is 0.238 e. The van der Waals surface area contributed by atoms with Crippen molar-refractivity contribution >= 4 is 18.3 Å². The molecule has 7 nitrogen and oxygen atoms in total. The standard InChI is InChI=1S/C17H24N4O3.ClH/c1-2-18-12-13-7-9-21(10-8-13)16(22)6-5-15-19-17(20-24-15)14-4-3-11-23-14;/h3-4,11,13,18H,2,5-10,12H2,1H3;1H. The number of hydrogen-bond donors (Lipinski definition) is 1. The highest BCUT2D eigenvalue weighted by Crippen LogP contribution is 2.19. The number of nitrogens with one attached hydrogen (secondary N) is 1. The number of nitrogens with zero attached hydrogens (tertiary/aromatic N) is 3. The van der Waals surface area contributed by atoms with Crippen LogP contribution in [0.25, 0.3) is 11.6 Å². The van der Waals surface area contributed by atoms with Crippen LogP contribution in [0.3, 0.4) is 0 Å². The van der Waals surface area contributed by atoms with Gasteiger partial charge in [-0.1, -0.05) is 12.1 Å². The summed E-state index contributed by atoms with van der Waals surface area (Å²) in [6.45, 7) is 5.86. The molecule has 1 amide bonds. The summed E-state index contributed by atoms with van der Waals surface area (Å²) in [5, 5.41) is 7.26. The van der Waals surface area contributed by atoms with Gasteiger partial charge in [-0.3, -0.25) is 4.79 Å². The van der Waals surface area contributed by atoms with E-state index >= 15 is 0 Å². The molecule has 25 heavy (non-hydrogen) atoms. The van der Waals surface area contributed by atoms with E-state index in [1.165, 1.54) is 0 Å². The SMILES string of the molecule is CCNCC1CCN(C(=O)CCc2nc(-c3ccco3)no2)CC1.Cl.